The van der Waals surface area contributed by atoms with Gasteiger partial charge in [-0.1, -0.05) is 31.5 Å². The lowest BCUT2D eigenvalue weighted by Crippen LogP contribution is -2.34. The average Bonchev–Trinajstić information content (AvgIpc) is 2.86. The number of sulfonamides is 1. The molecule has 0 aliphatic carbocycles. The van der Waals surface area contributed by atoms with Gasteiger partial charge < -0.3 is 10.1 Å². The van der Waals surface area contributed by atoms with E-state index >= 15 is 0 Å². The Hall–Kier alpha value is -2.95. The fourth-order valence-corrected chi connectivity index (χ4v) is 5.52. The minimum atomic E-state index is -3.73. The Balaban J connectivity index is 1.62. The predicted molar refractivity (Wildman–Crippen MR) is 151 cm³/mol. The quantitative estimate of drug-likeness (QED) is 0.224. The minimum absolute atomic E-state index is 0.0921. The number of benzene rings is 3. The van der Waals surface area contributed by atoms with Gasteiger partial charge >= 0.3 is 0 Å². The highest BCUT2D eigenvalue weighted by Gasteiger charge is 2.23. The van der Waals surface area contributed by atoms with Crippen LogP contribution in [0.4, 0.5) is 11.4 Å². The van der Waals surface area contributed by atoms with E-state index in [9.17, 15) is 13.2 Å². The normalized spacial score (nSPS) is 11.0. The summed E-state index contributed by atoms with van der Waals surface area (Å²) in [4.78, 5) is 12.8. The molecule has 3 rings (SSSR count). The third-order valence-electron chi connectivity index (χ3n) is 5.21. The van der Waals surface area contributed by atoms with Crippen molar-refractivity contribution in [2.24, 2.45) is 0 Å². The molecule has 0 fully saturated rings. The van der Waals surface area contributed by atoms with Crippen LogP contribution in [0.15, 0.2) is 82.2 Å². The molecular formula is C26H28BrN3O4S2. The Labute approximate surface area is 226 Å². The number of thiocarbonyl (C=S) groups is 1. The van der Waals surface area contributed by atoms with Crippen molar-refractivity contribution >= 4 is 60.6 Å². The number of rotatable bonds is 10. The van der Waals surface area contributed by atoms with Gasteiger partial charge in [0.05, 0.1) is 21.7 Å². The van der Waals surface area contributed by atoms with Crippen LogP contribution < -0.4 is 19.7 Å². The predicted octanol–water partition coefficient (Wildman–Crippen LogP) is 5.97. The molecule has 0 aliphatic heterocycles. The van der Waals surface area contributed by atoms with Crippen LogP contribution in [0.5, 0.6) is 5.75 Å². The average molecular weight is 591 g/mol. The van der Waals surface area contributed by atoms with E-state index in [1.807, 2.05) is 6.07 Å². The molecular weight excluding hydrogens is 562 g/mol. The topological polar surface area (TPSA) is 87.7 Å². The first kappa shape index (κ1) is 27.6. The number of halogens is 1. The highest BCUT2D eigenvalue weighted by Crippen LogP contribution is 2.27. The van der Waals surface area contributed by atoms with Gasteiger partial charge in [0, 0.05) is 17.8 Å². The van der Waals surface area contributed by atoms with E-state index in [1.165, 1.54) is 16.4 Å². The standard InChI is InChI=1S/C26H28BrN3O4S2/c1-3-5-17-34-24-16-11-19(18-23(24)27)25(31)29-26(35)28-20-12-14-22(15-13-20)36(32,33)30(4-2)21-9-7-6-8-10-21/h6-16,18H,3-5,17H2,1-2H3,(H2,28,29,31,35). The van der Waals surface area contributed by atoms with E-state index in [4.69, 9.17) is 17.0 Å². The number of hydrogen-bond acceptors (Lipinski definition) is 5. The second-order valence-electron chi connectivity index (χ2n) is 7.79. The maximum Gasteiger partial charge on any atom is 0.264 e. The van der Waals surface area contributed by atoms with Crippen molar-refractivity contribution in [2.45, 2.75) is 31.6 Å². The molecule has 0 unspecified atom stereocenters. The van der Waals surface area contributed by atoms with Crippen LogP contribution in [-0.2, 0) is 10.0 Å². The summed E-state index contributed by atoms with van der Waals surface area (Å²) >= 11 is 8.70. The van der Waals surface area contributed by atoms with Gasteiger partial charge in [0.15, 0.2) is 5.11 Å². The van der Waals surface area contributed by atoms with Gasteiger partial charge in [-0.3, -0.25) is 14.4 Å². The molecule has 10 heteroatoms. The number of ether oxygens (including phenoxy) is 1. The van der Waals surface area contributed by atoms with E-state index in [0.717, 1.165) is 12.8 Å². The van der Waals surface area contributed by atoms with Crippen molar-refractivity contribution in [3.05, 3.63) is 82.8 Å². The molecule has 0 spiro atoms. The maximum atomic E-state index is 13.1. The summed E-state index contributed by atoms with van der Waals surface area (Å²) in [5.74, 6) is 0.290. The van der Waals surface area contributed by atoms with Gasteiger partial charge in [-0.2, -0.15) is 0 Å². The summed E-state index contributed by atoms with van der Waals surface area (Å²) in [5, 5.41) is 5.63. The van der Waals surface area contributed by atoms with Gasteiger partial charge in [-0.05, 0) is 96.1 Å². The molecule has 0 atom stereocenters. The summed E-state index contributed by atoms with van der Waals surface area (Å²) in [7, 11) is -3.73. The van der Waals surface area contributed by atoms with Crippen LogP contribution in [0.25, 0.3) is 0 Å². The van der Waals surface area contributed by atoms with Crippen molar-refractivity contribution < 1.29 is 17.9 Å². The summed E-state index contributed by atoms with van der Waals surface area (Å²) in [6.45, 7) is 4.78. The van der Waals surface area contributed by atoms with E-state index in [-0.39, 0.29) is 15.9 Å². The van der Waals surface area contributed by atoms with Crippen molar-refractivity contribution in [3.8, 4) is 5.75 Å². The third-order valence-corrected chi connectivity index (χ3v) is 7.95. The van der Waals surface area contributed by atoms with Crippen LogP contribution in [-0.4, -0.2) is 32.6 Å². The minimum Gasteiger partial charge on any atom is -0.492 e. The van der Waals surface area contributed by atoms with Crippen LogP contribution in [0.3, 0.4) is 0 Å². The first-order valence-electron chi connectivity index (χ1n) is 11.5. The Morgan fingerprint density at radius 1 is 1.03 bits per heavy atom. The summed E-state index contributed by atoms with van der Waals surface area (Å²) in [6, 6.07) is 20.2. The number of nitrogens with zero attached hydrogens (tertiary/aromatic N) is 1. The van der Waals surface area contributed by atoms with Gasteiger partial charge in [-0.15, -0.1) is 0 Å². The first-order valence-corrected chi connectivity index (χ1v) is 14.1. The summed E-state index contributed by atoms with van der Waals surface area (Å²) in [5.41, 5.74) is 1.55. The number of amides is 1. The van der Waals surface area contributed by atoms with Gasteiger partial charge in [-0.25, -0.2) is 8.42 Å². The zero-order valence-electron chi connectivity index (χ0n) is 20.0. The molecule has 3 aromatic carbocycles. The number of para-hydroxylation sites is 1. The Morgan fingerprint density at radius 2 is 1.72 bits per heavy atom. The smallest absolute Gasteiger partial charge is 0.264 e. The molecule has 0 aromatic heterocycles. The molecule has 0 saturated carbocycles. The molecule has 0 aliphatic rings. The SMILES string of the molecule is CCCCOc1ccc(C(=O)NC(=S)Nc2ccc(S(=O)(=O)N(CC)c3ccccc3)cc2)cc1Br. The summed E-state index contributed by atoms with van der Waals surface area (Å²) < 4.78 is 34.0. The maximum absolute atomic E-state index is 13.1. The van der Waals surface area contributed by atoms with Crippen LogP contribution in [0, 0.1) is 0 Å². The van der Waals surface area contributed by atoms with E-state index < -0.39 is 10.0 Å². The van der Waals surface area contributed by atoms with Gasteiger partial charge in [0.25, 0.3) is 15.9 Å². The zero-order valence-corrected chi connectivity index (χ0v) is 23.3. The van der Waals surface area contributed by atoms with Crippen LogP contribution >= 0.6 is 28.1 Å². The number of nitrogens with one attached hydrogen (secondary N) is 2. The second-order valence-corrected chi connectivity index (χ2v) is 10.9. The Morgan fingerprint density at radius 3 is 2.33 bits per heavy atom. The highest BCUT2D eigenvalue weighted by molar-refractivity contribution is 9.10. The third kappa shape index (κ3) is 7.05. The largest absolute Gasteiger partial charge is 0.492 e. The van der Waals surface area contributed by atoms with Crippen molar-refractivity contribution in [1.82, 2.24) is 5.32 Å². The number of carbonyl (C=O) groups is 1. The molecule has 0 bridgehead atoms. The molecule has 2 N–H and O–H groups in total. The lowest BCUT2D eigenvalue weighted by atomic mass is 10.2. The number of hydrogen-bond donors (Lipinski definition) is 2. The van der Waals surface area contributed by atoms with Gasteiger partial charge in [0.1, 0.15) is 5.75 Å². The van der Waals surface area contributed by atoms with E-state index in [1.54, 1.807) is 61.5 Å². The molecule has 7 nitrogen and oxygen atoms in total. The molecule has 0 saturated heterocycles. The van der Waals surface area contributed by atoms with E-state index in [2.05, 4.69) is 33.5 Å². The number of unbranched alkanes of at least 4 members (excludes halogenated alkanes) is 1. The van der Waals surface area contributed by atoms with Crippen LogP contribution in [0.2, 0.25) is 0 Å². The lowest BCUT2D eigenvalue weighted by molar-refractivity contribution is 0.0977. The monoisotopic (exact) mass is 589 g/mol. The number of anilines is 2. The van der Waals surface area contributed by atoms with Gasteiger partial charge in [0.2, 0.25) is 0 Å². The zero-order chi connectivity index (χ0) is 26.1. The lowest BCUT2D eigenvalue weighted by Gasteiger charge is -2.23. The second kappa shape index (κ2) is 12.8. The van der Waals surface area contributed by atoms with Crippen LogP contribution in [0.1, 0.15) is 37.0 Å². The first-order chi connectivity index (χ1) is 17.3. The highest BCUT2D eigenvalue weighted by atomic mass is 79.9. The molecule has 1 amide bonds. The molecule has 36 heavy (non-hydrogen) atoms. The Bertz CT molecular complexity index is 1300. The number of carbonyl (C=O) groups excluding carboxylic acids is 1. The van der Waals surface area contributed by atoms with Crippen molar-refractivity contribution in [2.75, 3.05) is 22.8 Å². The molecule has 0 heterocycles. The molecule has 0 radical (unpaired) electrons. The van der Waals surface area contributed by atoms with Crippen molar-refractivity contribution in [3.63, 3.8) is 0 Å². The molecule has 3 aromatic rings. The van der Waals surface area contributed by atoms with Crippen molar-refractivity contribution in [1.29, 1.82) is 0 Å². The fraction of sp³-hybridized carbons (Fsp3) is 0.231. The molecule has 190 valence electrons. The Kier molecular flexibility index (Phi) is 9.86. The summed E-state index contributed by atoms with van der Waals surface area (Å²) in [6.07, 6.45) is 1.98. The van der Waals surface area contributed by atoms with E-state index in [0.29, 0.717) is 40.3 Å². The fourth-order valence-electron chi connectivity index (χ4n) is 3.35.